The van der Waals surface area contributed by atoms with Crippen molar-refractivity contribution in [2.45, 2.75) is 27.2 Å². The first kappa shape index (κ1) is 16.1. The number of benzene rings is 2. The summed E-state index contributed by atoms with van der Waals surface area (Å²) in [7, 11) is 0. The summed E-state index contributed by atoms with van der Waals surface area (Å²) in [6.07, 6.45) is 0.402. The van der Waals surface area contributed by atoms with E-state index in [-0.39, 0.29) is 5.91 Å². The molecule has 0 saturated heterocycles. The van der Waals surface area contributed by atoms with Crippen molar-refractivity contribution in [3.8, 4) is 0 Å². The number of nitrogens with one attached hydrogen (secondary N) is 1. The van der Waals surface area contributed by atoms with Crippen LogP contribution in [0.3, 0.4) is 0 Å². The maximum Gasteiger partial charge on any atom is 0.228 e. The van der Waals surface area contributed by atoms with E-state index in [1.54, 1.807) is 0 Å². The second kappa shape index (κ2) is 7.64. The Kier molecular flexibility index (Phi) is 5.59. The Morgan fingerprint density at radius 2 is 1.73 bits per heavy atom. The van der Waals surface area contributed by atoms with Gasteiger partial charge in [0.1, 0.15) is 0 Å². The van der Waals surface area contributed by atoms with Crippen LogP contribution in [0.4, 0.5) is 11.4 Å². The zero-order valence-electron chi connectivity index (χ0n) is 13.6. The van der Waals surface area contributed by atoms with Crippen molar-refractivity contribution >= 4 is 17.3 Å². The van der Waals surface area contributed by atoms with Crippen molar-refractivity contribution < 1.29 is 4.79 Å². The van der Waals surface area contributed by atoms with Gasteiger partial charge in [-0.15, -0.1) is 0 Å². The summed E-state index contributed by atoms with van der Waals surface area (Å²) in [4.78, 5) is 14.4. The third-order valence-electron chi connectivity index (χ3n) is 3.73. The molecule has 0 spiro atoms. The lowest BCUT2D eigenvalue weighted by atomic mass is 10.1. The predicted octanol–water partition coefficient (Wildman–Crippen LogP) is 4.02. The zero-order chi connectivity index (χ0) is 15.9. The van der Waals surface area contributed by atoms with E-state index in [4.69, 9.17) is 0 Å². The summed E-state index contributed by atoms with van der Waals surface area (Å²) < 4.78 is 0. The average molecular weight is 296 g/mol. The van der Waals surface area contributed by atoms with Gasteiger partial charge in [0.15, 0.2) is 0 Å². The number of anilines is 2. The summed E-state index contributed by atoms with van der Waals surface area (Å²) in [5.74, 6) is 0.0150. The van der Waals surface area contributed by atoms with Gasteiger partial charge in [0, 0.05) is 24.5 Å². The van der Waals surface area contributed by atoms with Gasteiger partial charge in [-0.1, -0.05) is 29.8 Å². The molecule has 3 nitrogen and oxygen atoms in total. The van der Waals surface area contributed by atoms with Gasteiger partial charge in [0.05, 0.1) is 6.42 Å². The summed E-state index contributed by atoms with van der Waals surface area (Å²) in [5.41, 5.74) is 4.24. The minimum atomic E-state index is 0.0150. The Morgan fingerprint density at radius 3 is 2.32 bits per heavy atom. The molecule has 0 atom stereocenters. The van der Waals surface area contributed by atoms with E-state index >= 15 is 0 Å². The van der Waals surface area contributed by atoms with Crippen LogP contribution in [0.5, 0.6) is 0 Å². The van der Waals surface area contributed by atoms with Crippen molar-refractivity contribution in [1.29, 1.82) is 0 Å². The minimum absolute atomic E-state index is 0.0150. The topological polar surface area (TPSA) is 32.3 Å². The van der Waals surface area contributed by atoms with Crippen molar-refractivity contribution in [3.63, 3.8) is 0 Å². The number of aryl methyl sites for hydroxylation is 1. The highest BCUT2D eigenvalue weighted by Crippen LogP contribution is 2.18. The fraction of sp³-hybridized carbons (Fsp3) is 0.316. The molecule has 0 unspecified atom stereocenters. The maximum absolute atomic E-state index is 12.1. The fourth-order valence-corrected chi connectivity index (χ4v) is 2.56. The standard InChI is InChI=1S/C19H24N2O/c1-4-21(5-2)18-11-9-17(10-12-18)20-19(22)14-16-8-6-7-15(3)13-16/h6-13H,4-5,14H2,1-3H3,(H,20,22). The van der Waals surface area contributed by atoms with E-state index in [0.29, 0.717) is 6.42 Å². The molecule has 0 bridgehead atoms. The number of amides is 1. The van der Waals surface area contributed by atoms with Crippen LogP contribution in [0, 0.1) is 6.92 Å². The first-order chi connectivity index (χ1) is 10.6. The van der Waals surface area contributed by atoms with Crippen molar-refractivity contribution in [2.24, 2.45) is 0 Å². The molecule has 2 aromatic carbocycles. The number of rotatable bonds is 6. The Balaban J connectivity index is 1.97. The fourth-order valence-electron chi connectivity index (χ4n) is 2.56. The summed E-state index contributed by atoms with van der Waals surface area (Å²) in [6.45, 7) is 8.28. The quantitative estimate of drug-likeness (QED) is 0.873. The van der Waals surface area contributed by atoms with Crippen LogP contribution in [0.1, 0.15) is 25.0 Å². The van der Waals surface area contributed by atoms with Gasteiger partial charge in [-0.2, -0.15) is 0 Å². The lowest BCUT2D eigenvalue weighted by Crippen LogP contribution is -2.21. The van der Waals surface area contributed by atoms with Crippen molar-refractivity contribution in [2.75, 3.05) is 23.3 Å². The normalized spacial score (nSPS) is 10.3. The number of carbonyl (C=O) groups excluding carboxylic acids is 1. The molecule has 3 heteroatoms. The maximum atomic E-state index is 12.1. The second-order valence-corrected chi connectivity index (χ2v) is 5.43. The van der Waals surface area contributed by atoms with Crippen molar-refractivity contribution in [3.05, 3.63) is 59.7 Å². The molecule has 0 radical (unpaired) electrons. The molecule has 116 valence electrons. The van der Waals surface area contributed by atoms with E-state index in [1.165, 1.54) is 11.3 Å². The van der Waals surface area contributed by atoms with E-state index in [2.05, 4.69) is 36.2 Å². The van der Waals surface area contributed by atoms with Crippen LogP contribution in [-0.4, -0.2) is 19.0 Å². The van der Waals surface area contributed by atoms with Gasteiger partial charge in [-0.05, 0) is 50.6 Å². The second-order valence-electron chi connectivity index (χ2n) is 5.43. The first-order valence-electron chi connectivity index (χ1n) is 7.82. The Hall–Kier alpha value is -2.29. The molecule has 0 saturated carbocycles. The number of hydrogen-bond donors (Lipinski definition) is 1. The van der Waals surface area contributed by atoms with Gasteiger partial charge < -0.3 is 10.2 Å². The molecule has 2 aromatic rings. The van der Waals surface area contributed by atoms with Gasteiger partial charge >= 0.3 is 0 Å². The molecule has 1 amide bonds. The minimum Gasteiger partial charge on any atom is -0.372 e. The van der Waals surface area contributed by atoms with E-state index in [0.717, 1.165) is 24.3 Å². The Labute approximate surface area is 133 Å². The Morgan fingerprint density at radius 1 is 1.05 bits per heavy atom. The van der Waals surface area contributed by atoms with Gasteiger partial charge in [0.2, 0.25) is 5.91 Å². The molecule has 0 heterocycles. The van der Waals surface area contributed by atoms with Crippen LogP contribution in [0.15, 0.2) is 48.5 Å². The molecule has 0 aliphatic carbocycles. The number of nitrogens with zero attached hydrogens (tertiary/aromatic N) is 1. The van der Waals surface area contributed by atoms with E-state index < -0.39 is 0 Å². The molecule has 2 rings (SSSR count). The largest absolute Gasteiger partial charge is 0.372 e. The van der Waals surface area contributed by atoms with Gasteiger partial charge in [-0.25, -0.2) is 0 Å². The van der Waals surface area contributed by atoms with Gasteiger partial charge in [-0.3, -0.25) is 4.79 Å². The molecule has 0 aromatic heterocycles. The lowest BCUT2D eigenvalue weighted by molar-refractivity contribution is -0.115. The molecule has 0 aliphatic rings. The first-order valence-corrected chi connectivity index (χ1v) is 7.82. The third-order valence-corrected chi connectivity index (χ3v) is 3.73. The summed E-state index contributed by atoms with van der Waals surface area (Å²) in [6, 6.07) is 16.1. The van der Waals surface area contributed by atoms with Crippen LogP contribution in [0.25, 0.3) is 0 Å². The molecular weight excluding hydrogens is 272 g/mol. The van der Waals surface area contributed by atoms with E-state index in [9.17, 15) is 4.79 Å². The molecular formula is C19H24N2O. The van der Waals surface area contributed by atoms with Crippen LogP contribution in [0.2, 0.25) is 0 Å². The van der Waals surface area contributed by atoms with Crippen molar-refractivity contribution in [1.82, 2.24) is 0 Å². The lowest BCUT2D eigenvalue weighted by Gasteiger charge is -2.21. The summed E-state index contributed by atoms with van der Waals surface area (Å²) in [5, 5.41) is 2.95. The SMILES string of the molecule is CCN(CC)c1ccc(NC(=O)Cc2cccc(C)c2)cc1. The zero-order valence-corrected chi connectivity index (χ0v) is 13.6. The Bertz CT molecular complexity index is 616. The summed E-state index contributed by atoms with van der Waals surface area (Å²) >= 11 is 0. The highest BCUT2D eigenvalue weighted by molar-refractivity contribution is 5.92. The molecule has 1 N–H and O–H groups in total. The highest BCUT2D eigenvalue weighted by Gasteiger charge is 2.06. The monoisotopic (exact) mass is 296 g/mol. The molecule has 22 heavy (non-hydrogen) atoms. The van der Waals surface area contributed by atoms with Crippen LogP contribution >= 0.6 is 0 Å². The number of carbonyl (C=O) groups is 1. The van der Waals surface area contributed by atoms with Crippen LogP contribution in [-0.2, 0) is 11.2 Å². The average Bonchev–Trinajstić information content (AvgIpc) is 2.50. The van der Waals surface area contributed by atoms with E-state index in [1.807, 2.05) is 43.3 Å². The smallest absolute Gasteiger partial charge is 0.228 e. The predicted molar refractivity (Wildman–Crippen MR) is 93.5 cm³/mol. The molecule has 0 aliphatic heterocycles. The highest BCUT2D eigenvalue weighted by atomic mass is 16.1. The van der Waals surface area contributed by atoms with Gasteiger partial charge in [0.25, 0.3) is 0 Å². The number of hydrogen-bond acceptors (Lipinski definition) is 2. The molecule has 0 fully saturated rings. The van der Waals surface area contributed by atoms with Crippen LogP contribution < -0.4 is 10.2 Å². The third kappa shape index (κ3) is 4.35.